The van der Waals surface area contributed by atoms with Gasteiger partial charge in [0.25, 0.3) is 0 Å². The van der Waals surface area contributed by atoms with Crippen LogP contribution in [-0.4, -0.2) is 6.61 Å². The molecule has 0 saturated carbocycles. The van der Waals surface area contributed by atoms with Crippen molar-refractivity contribution in [3.05, 3.63) is 78.4 Å². The van der Waals surface area contributed by atoms with Gasteiger partial charge in [0.15, 0.2) is 0 Å². The van der Waals surface area contributed by atoms with E-state index in [0.717, 1.165) is 5.75 Å². The summed E-state index contributed by atoms with van der Waals surface area (Å²) in [5.41, 5.74) is 6.27. The van der Waals surface area contributed by atoms with E-state index in [1.807, 2.05) is 19.1 Å². The molecule has 0 fully saturated rings. The van der Waals surface area contributed by atoms with Crippen molar-refractivity contribution in [2.24, 2.45) is 0 Å². The summed E-state index contributed by atoms with van der Waals surface area (Å²) in [4.78, 5) is 0. The summed E-state index contributed by atoms with van der Waals surface area (Å²) in [5, 5.41) is 0. The minimum Gasteiger partial charge on any atom is -0.494 e. The third-order valence-corrected chi connectivity index (χ3v) is 4.27. The maximum Gasteiger partial charge on any atom is 0.119 e. The molecule has 0 bridgehead atoms. The highest BCUT2D eigenvalue weighted by Crippen LogP contribution is 2.28. The Labute approximate surface area is 144 Å². The summed E-state index contributed by atoms with van der Waals surface area (Å²) in [5.74, 6) is 1.49. The van der Waals surface area contributed by atoms with Crippen molar-refractivity contribution >= 4 is 0 Å². The Morgan fingerprint density at radius 1 is 0.708 bits per heavy atom. The van der Waals surface area contributed by atoms with Crippen LogP contribution in [0.5, 0.6) is 5.75 Å². The smallest absolute Gasteiger partial charge is 0.119 e. The van der Waals surface area contributed by atoms with Crippen LogP contribution in [0.15, 0.2) is 72.8 Å². The van der Waals surface area contributed by atoms with Gasteiger partial charge in [0.05, 0.1) is 6.61 Å². The lowest BCUT2D eigenvalue weighted by molar-refractivity contribution is 0.340. The molecule has 0 aromatic heterocycles. The van der Waals surface area contributed by atoms with Crippen LogP contribution in [0.1, 0.15) is 32.3 Å². The summed E-state index contributed by atoms with van der Waals surface area (Å²) in [6, 6.07) is 25.8. The molecule has 0 heterocycles. The molecule has 0 saturated heterocycles. The van der Waals surface area contributed by atoms with E-state index in [1.54, 1.807) is 0 Å². The van der Waals surface area contributed by atoms with Crippen molar-refractivity contribution in [3.63, 3.8) is 0 Å². The monoisotopic (exact) mass is 316 g/mol. The molecule has 24 heavy (non-hydrogen) atoms. The fraction of sp³-hybridized carbons (Fsp3) is 0.217. The summed E-state index contributed by atoms with van der Waals surface area (Å²) in [6.45, 7) is 7.14. The van der Waals surface area contributed by atoms with E-state index < -0.39 is 0 Å². The highest BCUT2D eigenvalue weighted by molar-refractivity contribution is 5.71. The van der Waals surface area contributed by atoms with E-state index in [4.69, 9.17) is 4.74 Å². The van der Waals surface area contributed by atoms with Gasteiger partial charge in [0, 0.05) is 0 Å². The number of hydrogen-bond acceptors (Lipinski definition) is 1. The van der Waals surface area contributed by atoms with E-state index >= 15 is 0 Å². The normalized spacial score (nSPS) is 10.8. The van der Waals surface area contributed by atoms with Gasteiger partial charge in [-0.25, -0.2) is 0 Å². The Hall–Kier alpha value is -2.54. The summed E-state index contributed by atoms with van der Waals surface area (Å²) in [7, 11) is 0. The standard InChI is InChI=1S/C23H24O/c1-4-24-23-7-5-6-22(16-23)21-14-12-20(13-15-21)19-10-8-18(9-11-19)17(2)3/h5-17H,4H2,1-3H3. The molecule has 3 aromatic carbocycles. The average Bonchev–Trinajstić information content (AvgIpc) is 2.62. The molecule has 0 amide bonds. The van der Waals surface area contributed by atoms with Crippen LogP contribution in [0.3, 0.4) is 0 Å². The molecule has 0 aliphatic heterocycles. The van der Waals surface area contributed by atoms with E-state index in [-0.39, 0.29) is 0 Å². The first-order valence-electron chi connectivity index (χ1n) is 8.61. The second-order valence-electron chi connectivity index (χ2n) is 6.31. The van der Waals surface area contributed by atoms with Gasteiger partial charge < -0.3 is 4.74 Å². The predicted octanol–water partition coefficient (Wildman–Crippen LogP) is 6.54. The predicted molar refractivity (Wildman–Crippen MR) is 103 cm³/mol. The highest BCUT2D eigenvalue weighted by atomic mass is 16.5. The molecule has 0 aliphatic carbocycles. The van der Waals surface area contributed by atoms with Gasteiger partial charge in [-0.05, 0) is 52.8 Å². The van der Waals surface area contributed by atoms with Crippen molar-refractivity contribution < 1.29 is 4.74 Å². The molecule has 0 unspecified atom stereocenters. The molecule has 0 N–H and O–H groups in total. The Kier molecular flexibility index (Phi) is 5.00. The quantitative estimate of drug-likeness (QED) is 0.519. The molecule has 0 radical (unpaired) electrons. The fourth-order valence-electron chi connectivity index (χ4n) is 2.85. The molecule has 122 valence electrons. The van der Waals surface area contributed by atoms with Crippen molar-refractivity contribution in [2.45, 2.75) is 26.7 Å². The van der Waals surface area contributed by atoms with Crippen molar-refractivity contribution in [2.75, 3.05) is 6.61 Å². The summed E-state index contributed by atoms with van der Waals surface area (Å²) >= 11 is 0. The molecule has 3 aromatic rings. The van der Waals surface area contributed by atoms with Crippen LogP contribution < -0.4 is 4.74 Å². The van der Waals surface area contributed by atoms with Crippen LogP contribution in [0.2, 0.25) is 0 Å². The Balaban J connectivity index is 1.84. The zero-order valence-electron chi connectivity index (χ0n) is 14.6. The van der Waals surface area contributed by atoms with E-state index in [1.165, 1.54) is 27.8 Å². The third-order valence-electron chi connectivity index (χ3n) is 4.27. The first kappa shape index (κ1) is 16.3. The molecule has 0 spiro atoms. The van der Waals surface area contributed by atoms with Gasteiger partial charge in [-0.1, -0.05) is 74.5 Å². The van der Waals surface area contributed by atoms with E-state index in [0.29, 0.717) is 12.5 Å². The van der Waals surface area contributed by atoms with Crippen molar-refractivity contribution in [1.82, 2.24) is 0 Å². The topological polar surface area (TPSA) is 9.23 Å². The first-order valence-corrected chi connectivity index (χ1v) is 8.61. The second kappa shape index (κ2) is 7.35. The molecule has 1 nitrogen and oxygen atoms in total. The Bertz CT molecular complexity index is 783. The molecule has 1 heteroatoms. The van der Waals surface area contributed by atoms with Gasteiger partial charge in [0.2, 0.25) is 0 Å². The maximum atomic E-state index is 5.59. The lowest BCUT2D eigenvalue weighted by atomic mass is 9.97. The number of rotatable bonds is 5. The maximum absolute atomic E-state index is 5.59. The van der Waals surface area contributed by atoms with Crippen LogP contribution in [0.4, 0.5) is 0 Å². The van der Waals surface area contributed by atoms with Crippen LogP contribution in [-0.2, 0) is 0 Å². The average molecular weight is 316 g/mol. The highest BCUT2D eigenvalue weighted by Gasteiger charge is 2.03. The zero-order valence-corrected chi connectivity index (χ0v) is 14.6. The Morgan fingerprint density at radius 3 is 1.79 bits per heavy atom. The lowest BCUT2D eigenvalue weighted by Crippen LogP contribution is -1.91. The van der Waals surface area contributed by atoms with Crippen LogP contribution >= 0.6 is 0 Å². The third kappa shape index (κ3) is 3.68. The second-order valence-corrected chi connectivity index (χ2v) is 6.31. The van der Waals surface area contributed by atoms with Crippen LogP contribution in [0, 0.1) is 0 Å². The van der Waals surface area contributed by atoms with Gasteiger partial charge in [-0.2, -0.15) is 0 Å². The minimum atomic E-state index is 0.569. The molecule has 3 rings (SSSR count). The molecular formula is C23H24O. The SMILES string of the molecule is CCOc1cccc(-c2ccc(-c3ccc(C(C)C)cc3)cc2)c1. The van der Waals surface area contributed by atoms with E-state index in [9.17, 15) is 0 Å². The molecule has 0 atom stereocenters. The van der Waals surface area contributed by atoms with Crippen molar-refractivity contribution in [3.8, 4) is 28.0 Å². The largest absolute Gasteiger partial charge is 0.494 e. The number of benzene rings is 3. The van der Waals surface area contributed by atoms with Gasteiger partial charge in [-0.15, -0.1) is 0 Å². The molecular weight excluding hydrogens is 292 g/mol. The zero-order chi connectivity index (χ0) is 16.9. The number of hydrogen-bond donors (Lipinski definition) is 0. The summed E-state index contributed by atoms with van der Waals surface area (Å²) in [6.07, 6.45) is 0. The van der Waals surface area contributed by atoms with Gasteiger partial charge in [0.1, 0.15) is 5.75 Å². The van der Waals surface area contributed by atoms with Gasteiger partial charge >= 0.3 is 0 Å². The van der Waals surface area contributed by atoms with Crippen LogP contribution in [0.25, 0.3) is 22.3 Å². The van der Waals surface area contributed by atoms with Crippen molar-refractivity contribution in [1.29, 1.82) is 0 Å². The Morgan fingerprint density at radius 2 is 1.25 bits per heavy atom. The minimum absolute atomic E-state index is 0.569. The number of ether oxygens (including phenoxy) is 1. The fourth-order valence-corrected chi connectivity index (χ4v) is 2.85. The summed E-state index contributed by atoms with van der Waals surface area (Å²) < 4.78 is 5.59. The first-order chi connectivity index (χ1) is 11.7. The lowest BCUT2D eigenvalue weighted by Gasteiger charge is -2.09. The van der Waals surface area contributed by atoms with Gasteiger partial charge in [-0.3, -0.25) is 0 Å². The molecule has 0 aliphatic rings. The van der Waals surface area contributed by atoms with E-state index in [2.05, 4.69) is 74.5 Å².